The Morgan fingerprint density at radius 3 is 2.19 bits per heavy atom. The maximum atomic E-state index is 5.78. The van der Waals surface area contributed by atoms with Gasteiger partial charge < -0.3 is 5.73 Å². The third-order valence-electron chi connectivity index (χ3n) is 3.94. The van der Waals surface area contributed by atoms with Crippen molar-refractivity contribution in [3.63, 3.8) is 0 Å². The summed E-state index contributed by atoms with van der Waals surface area (Å²) in [4.78, 5) is 0. The molecule has 2 heterocycles. The van der Waals surface area contributed by atoms with Gasteiger partial charge in [-0.25, -0.2) is 4.59 Å². The quantitative estimate of drug-likeness (QED) is 0.700. The maximum Gasteiger partial charge on any atom is 0.110 e. The SMILES string of the molecule is NCC[N+]1(NN2CCCCC2)CCCCC1. The van der Waals surface area contributed by atoms with Crippen LogP contribution in [0.15, 0.2) is 0 Å². The molecule has 2 saturated heterocycles. The third kappa shape index (κ3) is 3.17. The van der Waals surface area contributed by atoms with Crippen LogP contribution in [0.4, 0.5) is 0 Å². The molecular weight excluding hydrogens is 200 g/mol. The van der Waals surface area contributed by atoms with Crippen molar-refractivity contribution in [3.05, 3.63) is 0 Å². The Kier molecular flexibility index (Phi) is 4.58. The number of nitrogens with two attached hydrogens (primary N) is 1. The number of hydrogen-bond donors (Lipinski definition) is 2. The highest BCUT2D eigenvalue weighted by molar-refractivity contribution is 4.59. The van der Waals surface area contributed by atoms with Gasteiger partial charge in [-0.15, -0.1) is 0 Å². The van der Waals surface area contributed by atoms with Crippen molar-refractivity contribution >= 4 is 0 Å². The molecule has 3 N–H and O–H groups in total. The Bertz CT molecular complexity index is 190. The van der Waals surface area contributed by atoms with Crippen molar-refractivity contribution in [2.75, 3.05) is 39.3 Å². The fraction of sp³-hybridized carbons (Fsp3) is 1.00. The summed E-state index contributed by atoms with van der Waals surface area (Å²) in [6, 6.07) is 0. The van der Waals surface area contributed by atoms with Crippen molar-refractivity contribution in [2.45, 2.75) is 38.5 Å². The Hall–Kier alpha value is -0.160. The molecule has 0 bridgehead atoms. The van der Waals surface area contributed by atoms with E-state index in [0.29, 0.717) is 0 Å². The van der Waals surface area contributed by atoms with Crippen molar-refractivity contribution in [1.29, 1.82) is 0 Å². The first-order valence-electron chi connectivity index (χ1n) is 6.94. The van der Waals surface area contributed by atoms with Gasteiger partial charge in [-0.3, -0.25) is 0 Å². The van der Waals surface area contributed by atoms with Gasteiger partial charge >= 0.3 is 0 Å². The largest absolute Gasteiger partial charge is 0.325 e. The molecule has 2 aliphatic heterocycles. The highest BCUT2D eigenvalue weighted by Crippen LogP contribution is 2.17. The lowest BCUT2D eigenvalue weighted by Crippen LogP contribution is -2.67. The second-order valence-electron chi connectivity index (χ2n) is 5.31. The van der Waals surface area contributed by atoms with Gasteiger partial charge in [0.1, 0.15) is 6.54 Å². The van der Waals surface area contributed by atoms with Gasteiger partial charge in [-0.05, 0) is 32.1 Å². The Balaban J connectivity index is 1.89. The van der Waals surface area contributed by atoms with Crippen LogP contribution < -0.4 is 11.3 Å². The Morgan fingerprint density at radius 2 is 1.56 bits per heavy atom. The molecule has 4 heteroatoms. The lowest BCUT2D eigenvalue weighted by Gasteiger charge is -2.44. The monoisotopic (exact) mass is 227 g/mol. The molecule has 94 valence electrons. The van der Waals surface area contributed by atoms with Gasteiger partial charge in [0.15, 0.2) is 0 Å². The predicted molar refractivity (Wildman–Crippen MR) is 66.3 cm³/mol. The number of likely N-dealkylation sites (tertiary alicyclic amines) is 1. The molecule has 2 fully saturated rings. The zero-order valence-electron chi connectivity index (χ0n) is 10.5. The fourth-order valence-corrected chi connectivity index (χ4v) is 3.03. The minimum atomic E-state index is 0.792. The standard InChI is InChI=1S/C12H27N4/c13-7-12-16(10-5-2-6-11-16)14-15-8-3-1-4-9-15/h14H,1-13H2/q+1. The number of hydrogen-bond acceptors (Lipinski definition) is 3. The molecule has 4 nitrogen and oxygen atoms in total. The van der Waals surface area contributed by atoms with Crippen LogP contribution in [0.2, 0.25) is 0 Å². The smallest absolute Gasteiger partial charge is 0.110 e. The fourth-order valence-electron chi connectivity index (χ4n) is 3.03. The van der Waals surface area contributed by atoms with Crippen LogP contribution in [0.25, 0.3) is 0 Å². The van der Waals surface area contributed by atoms with Crippen LogP contribution >= 0.6 is 0 Å². The number of nitrogens with zero attached hydrogens (tertiary/aromatic N) is 2. The number of rotatable bonds is 4. The van der Waals surface area contributed by atoms with E-state index in [-0.39, 0.29) is 0 Å². The highest BCUT2D eigenvalue weighted by Gasteiger charge is 2.31. The van der Waals surface area contributed by atoms with Crippen LogP contribution in [-0.4, -0.2) is 48.9 Å². The normalized spacial score (nSPS) is 26.8. The third-order valence-corrected chi connectivity index (χ3v) is 3.94. The second-order valence-corrected chi connectivity index (χ2v) is 5.31. The summed E-state index contributed by atoms with van der Waals surface area (Å²) in [5, 5.41) is 2.44. The molecule has 0 saturated carbocycles. The van der Waals surface area contributed by atoms with Gasteiger partial charge in [-0.2, -0.15) is 5.01 Å². The van der Waals surface area contributed by atoms with Gasteiger partial charge in [0.2, 0.25) is 0 Å². The molecule has 0 aromatic carbocycles. The van der Waals surface area contributed by atoms with E-state index in [2.05, 4.69) is 10.5 Å². The van der Waals surface area contributed by atoms with Gasteiger partial charge in [0, 0.05) is 19.6 Å². The minimum absolute atomic E-state index is 0.792. The first-order chi connectivity index (χ1) is 7.85. The van der Waals surface area contributed by atoms with Crippen molar-refractivity contribution in [1.82, 2.24) is 10.5 Å². The van der Waals surface area contributed by atoms with Crippen molar-refractivity contribution in [2.24, 2.45) is 5.73 Å². The van der Waals surface area contributed by atoms with E-state index in [1.54, 1.807) is 0 Å². The number of piperidine rings is 2. The van der Waals surface area contributed by atoms with Crippen molar-refractivity contribution < 1.29 is 4.59 Å². The molecular formula is C12H27N4+. The lowest BCUT2D eigenvalue weighted by molar-refractivity contribution is -0.986. The Labute approximate surface area is 99.3 Å². The van der Waals surface area contributed by atoms with E-state index >= 15 is 0 Å². The first kappa shape index (κ1) is 12.3. The molecule has 2 aliphatic rings. The van der Waals surface area contributed by atoms with E-state index in [4.69, 9.17) is 5.73 Å². The maximum absolute atomic E-state index is 5.78. The summed E-state index contributed by atoms with van der Waals surface area (Å²) in [5.41, 5.74) is 9.54. The zero-order chi connectivity index (χ0) is 11.3. The predicted octanol–water partition coefficient (Wildman–Crippen LogP) is 0.851. The molecule has 0 aromatic rings. The zero-order valence-corrected chi connectivity index (χ0v) is 10.5. The molecule has 0 aliphatic carbocycles. The number of quaternary nitrogens is 1. The summed E-state index contributed by atoms with van der Waals surface area (Å²) in [6.07, 6.45) is 8.17. The van der Waals surface area contributed by atoms with E-state index in [1.807, 2.05) is 0 Å². The van der Waals surface area contributed by atoms with E-state index < -0.39 is 0 Å². The first-order valence-corrected chi connectivity index (χ1v) is 6.94. The average Bonchev–Trinajstić information content (AvgIpc) is 2.31. The summed E-state index contributed by atoms with van der Waals surface area (Å²) in [5.74, 6) is 0. The summed E-state index contributed by atoms with van der Waals surface area (Å²) in [7, 11) is 0. The number of nitrogens with one attached hydrogen (secondary N) is 1. The van der Waals surface area contributed by atoms with E-state index in [9.17, 15) is 0 Å². The molecule has 2 rings (SSSR count). The highest BCUT2D eigenvalue weighted by atomic mass is 15.8. The van der Waals surface area contributed by atoms with Crippen LogP contribution in [0.5, 0.6) is 0 Å². The number of hydrazine groups is 1. The lowest BCUT2D eigenvalue weighted by atomic mass is 10.1. The molecule has 0 radical (unpaired) electrons. The molecule has 0 unspecified atom stereocenters. The molecule has 0 atom stereocenters. The summed E-state index contributed by atoms with van der Waals surface area (Å²) >= 11 is 0. The minimum Gasteiger partial charge on any atom is -0.325 e. The molecule has 0 aromatic heterocycles. The van der Waals surface area contributed by atoms with Crippen LogP contribution in [-0.2, 0) is 0 Å². The van der Waals surface area contributed by atoms with Crippen molar-refractivity contribution in [3.8, 4) is 0 Å². The molecule has 0 spiro atoms. The van der Waals surface area contributed by atoms with Gasteiger partial charge in [0.25, 0.3) is 0 Å². The van der Waals surface area contributed by atoms with Gasteiger partial charge in [-0.1, -0.05) is 12.0 Å². The Morgan fingerprint density at radius 1 is 0.938 bits per heavy atom. The molecule has 0 amide bonds. The van der Waals surface area contributed by atoms with Crippen LogP contribution in [0.3, 0.4) is 0 Å². The van der Waals surface area contributed by atoms with Crippen LogP contribution in [0, 0.1) is 0 Å². The summed E-state index contributed by atoms with van der Waals surface area (Å²) < 4.78 is 1.04. The average molecular weight is 227 g/mol. The molecule has 16 heavy (non-hydrogen) atoms. The second kappa shape index (κ2) is 5.96. The van der Waals surface area contributed by atoms with Crippen LogP contribution in [0.1, 0.15) is 38.5 Å². The van der Waals surface area contributed by atoms with E-state index in [0.717, 1.165) is 17.7 Å². The van der Waals surface area contributed by atoms with Gasteiger partial charge in [0.05, 0.1) is 13.1 Å². The van der Waals surface area contributed by atoms with E-state index in [1.165, 1.54) is 64.7 Å². The summed E-state index contributed by atoms with van der Waals surface area (Å²) in [6.45, 7) is 6.81. The topological polar surface area (TPSA) is 41.3 Å².